The summed E-state index contributed by atoms with van der Waals surface area (Å²) in [6, 6.07) is 22.1. The van der Waals surface area contributed by atoms with E-state index in [1.807, 2.05) is 60.7 Å². The fourth-order valence-corrected chi connectivity index (χ4v) is 3.16. The molecule has 158 valence electrons. The Labute approximate surface area is 182 Å². The molecule has 0 radical (unpaired) electrons. The van der Waals surface area contributed by atoms with E-state index in [2.05, 4.69) is 5.32 Å². The fourth-order valence-electron chi connectivity index (χ4n) is 3.16. The van der Waals surface area contributed by atoms with Gasteiger partial charge in [-0.05, 0) is 60.9 Å². The number of methoxy groups -OCH3 is 1. The van der Waals surface area contributed by atoms with Gasteiger partial charge in [0, 0.05) is 11.3 Å². The summed E-state index contributed by atoms with van der Waals surface area (Å²) in [5, 5.41) is 2.95. The van der Waals surface area contributed by atoms with E-state index in [1.165, 1.54) is 0 Å². The van der Waals surface area contributed by atoms with Crippen LogP contribution in [0.3, 0.4) is 0 Å². The van der Waals surface area contributed by atoms with Crippen LogP contribution in [-0.2, 0) is 9.53 Å². The first kappa shape index (κ1) is 21.8. The highest BCUT2D eigenvalue weighted by molar-refractivity contribution is 6.29. The van der Waals surface area contributed by atoms with Crippen LogP contribution in [0.1, 0.15) is 34.0 Å². The number of esters is 1. The molecule has 0 aromatic heterocycles. The van der Waals surface area contributed by atoms with E-state index in [0.717, 1.165) is 16.9 Å². The molecule has 0 aliphatic carbocycles. The van der Waals surface area contributed by atoms with Crippen molar-refractivity contribution in [1.29, 1.82) is 0 Å². The number of hydrogen-bond acceptors (Lipinski definition) is 4. The molecule has 5 nitrogen and oxygen atoms in total. The molecule has 0 unspecified atom stereocenters. The van der Waals surface area contributed by atoms with Crippen LogP contribution in [0.25, 0.3) is 11.6 Å². The van der Waals surface area contributed by atoms with Gasteiger partial charge in [0.05, 0.1) is 19.3 Å². The lowest BCUT2D eigenvalue weighted by Gasteiger charge is -2.14. The fraction of sp³-hybridized carbons (Fsp3) is 0.154. The highest BCUT2D eigenvalue weighted by Gasteiger charge is 2.17. The quantitative estimate of drug-likeness (QED) is 0.321. The molecule has 5 heteroatoms. The number of benzene rings is 3. The number of rotatable bonds is 7. The maximum Gasteiger partial charge on any atom is 0.338 e. The van der Waals surface area contributed by atoms with Crippen molar-refractivity contribution < 1.29 is 19.1 Å². The molecule has 3 aromatic rings. The molecule has 3 rings (SSSR count). The summed E-state index contributed by atoms with van der Waals surface area (Å²) in [5.74, 6) is 0.0635. The molecule has 0 bridgehead atoms. The first-order valence-corrected chi connectivity index (χ1v) is 10.0. The monoisotopic (exact) mass is 415 g/mol. The van der Waals surface area contributed by atoms with Crippen molar-refractivity contribution >= 4 is 29.2 Å². The summed E-state index contributed by atoms with van der Waals surface area (Å²) in [4.78, 5) is 25.5. The largest absolute Gasteiger partial charge is 0.497 e. The highest BCUT2D eigenvalue weighted by Crippen LogP contribution is 2.25. The van der Waals surface area contributed by atoms with E-state index in [1.54, 1.807) is 39.2 Å². The lowest BCUT2D eigenvalue weighted by Crippen LogP contribution is -2.16. The topological polar surface area (TPSA) is 64.6 Å². The molecule has 0 saturated heterocycles. The van der Waals surface area contributed by atoms with Gasteiger partial charge in [0.1, 0.15) is 5.75 Å². The van der Waals surface area contributed by atoms with Crippen molar-refractivity contribution in [2.24, 2.45) is 0 Å². The first-order valence-electron chi connectivity index (χ1n) is 10.0. The van der Waals surface area contributed by atoms with Gasteiger partial charge in [-0.25, -0.2) is 4.79 Å². The van der Waals surface area contributed by atoms with Gasteiger partial charge in [-0.2, -0.15) is 0 Å². The number of hydrogen-bond donors (Lipinski definition) is 1. The van der Waals surface area contributed by atoms with E-state index in [9.17, 15) is 9.59 Å². The Kier molecular flexibility index (Phi) is 7.22. The maximum atomic E-state index is 13.3. The van der Waals surface area contributed by atoms with E-state index in [4.69, 9.17) is 9.47 Å². The van der Waals surface area contributed by atoms with Crippen molar-refractivity contribution in [3.63, 3.8) is 0 Å². The van der Waals surface area contributed by atoms with Gasteiger partial charge >= 0.3 is 5.97 Å². The van der Waals surface area contributed by atoms with Crippen LogP contribution < -0.4 is 10.1 Å². The van der Waals surface area contributed by atoms with E-state index >= 15 is 0 Å². The van der Waals surface area contributed by atoms with Crippen molar-refractivity contribution in [2.45, 2.75) is 13.8 Å². The molecule has 0 heterocycles. The van der Waals surface area contributed by atoms with E-state index < -0.39 is 5.97 Å². The van der Waals surface area contributed by atoms with Gasteiger partial charge in [0.25, 0.3) is 5.91 Å². The van der Waals surface area contributed by atoms with Crippen LogP contribution in [0.5, 0.6) is 5.75 Å². The molecule has 0 aliphatic heterocycles. The second-order valence-corrected chi connectivity index (χ2v) is 6.85. The molecule has 0 saturated carbocycles. The summed E-state index contributed by atoms with van der Waals surface area (Å²) in [6.45, 7) is 3.84. The number of ether oxygens (including phenoxy) is 2. The Hall–Kier alpha value is -3.86. The summed E-state index contributed by atoms with van der Waals surface area (Å²) in [6.07, 6.45) is 1.83. The first-order chi connectivity index (χ1) is 15.0. The van der Waals surface area contributed by atoms with Gasteiger partial charge in [0.15, 0.2) is 0 Å². The Bertz CT molecular complexity index is 1090. The van der Waals surface area contributed by atoms with Gasteiger partial charge in [-0.1, -0.05) is 48.5 Å². The lowest BCUT2D eigenvalue weighted by molar-refractivity contribution is -0.111. The standard InChI is InChI=1S/C26H25NO4/c1-4-31-26(29)22-11-8-12-24(18(22)2)27-25(28)23(20-9-6-5-7-10-20)17-19-13-15-21(30-3)16-14-19/h5-17H,4H2,1-3H3,(H,27,28)/b23-17+. The van der Waals surface area contributed by atoms with Crippen LogP contribution >= 0.6 is 0 Å². The lowest BCUT2D eigenvalue weighted by atomic mass is 10.0. The minimum Gasteiger partial charge on any atom is -0.497 e. The Balaban J connectivity index is 1.95. The van der Waals surface area contributed by atoms with Crippen LogP contribution in [-0.4, -0.2) is 25.6 Å². The average molecular weight is 415 g/mol. The zero-order chi connectivity index (χ0) is 22.2. The van der Waals surface area contributed by atoms with E-state index in [-0.39, 0.29) is 12.5 Å². The summed E-state index contributed by atoms with van der Waals surface area (Å²) in [5.41, 5.74) is 3.81. The minimum atomic E-state index is -0.409. The molecule has 1 N–H and O–H groups in total. The molecular formula is C26H25NO4. The third-order valence-electron chi connectivity index (χ3n) is 4.83. The zero-order valence-corrected chi connectivity index (χ0v) is 17.8. The van der Waals surface area contributed by atoms with Crippen molar-refractivity contribution in [3.8, 4) is 5.75 Å². The maximum absolute atomic E-state index is 13.3. The third kappa shape index (κ3) is 5.39. The Morgan fingerprint density at radius 2 is 1.65 bits per heavy atom. The van der Waals surface area contributed by atoms with Crippen LogP contribution in [0, 0.1) is 6.92 Å². The zero-order valence-electron chi connectivity index (χ0n) is 17.8. The predicted molar refractivity (Wildman–Crippen MR) is 123 cm³/mol. The van der Waals surface area contributed by atoms with E-state index in [0.29, 0.717) is 22.4 Å². The molecule has 0 atom stereocenters. The molecule has 31 heavy (non-hydrogen) atoms. The molecule has 0 aliphatic rings. The highest BCUT2D eigenvalue weighted by atomic mass is 16.5. The number of carbonyl (C=O) groups is 2. The normalized spacial score (nSPS) is 11.0. The van der Waals surface area contributed by atoms with Gasteiger partial charge in [-0.3, -0.25) is 4.79 Å². The second-order valence-electron chi connectivity index (χ2n) is 6.85. The molecule has 3 aromatic carbocycles. The number of carbonyl (C=O) groups excluding carboxylic acids is 2. The minimum absolute atomic E-state index is 0.272. The third-order valence-corrected chi connectivity index (χ3v) is 4.83. The molecule has 0 spiro atoms. The van der Waals surface area contributed by atoms with Crippen molar-refractivity contribution in [1.82, 2.24) is 0 Å². The van der Waals surface area contributed by atoms with Crippen molar-refractivity contribution in [2.75, 3.05) is 19.0 Å². The summed E-state index contributed by atoms with van der Waals surface area (Å²) in [7, 11) is 1.61. The van der Waals surface area contributed by atoms with Gasteiger partial charge in [0.2, 0.25) is 0 Å². The van der Waals surface area contributed by atoms with Gasteiger partial charge < -0.3 is 14.8 Å². The van der Waals surface area contributed by atoms with Crippen LogP contribution in [0.2, 0.25) is 0 Å². The molecular weight excluding hydrogens is 390 g/mol. The second kappa shape index (κ2) is 10.3. The molecule has 0 fully saturated rings. The Morgan fingerprint density at radius 3 is 2.29 bits per heavy atom. The number of nitrogens with one attached hydrogen (secondary N) is 1. The van der Waals surface area contributed by atoms with Crippen molar-refractivity contribution in [3.05, 3.63) is 95.1 Å². The van der Waals surface area contributed by atoms with Crippen LogP contribution in [0.15, 0.2) is 72.8 Å². The smallest absolute Gasteiger partial charge is 0.338 e. The van der Waals surface area contributed by atoms with Gasteiger partial charge in [-0.15, -0.1) is 0 Å². The Morgan fingerprint density at radius 1 is 0.935 bits per heavy atom. The number of anilines is 1. The summed E-state index contributed by atoms with van der Waals surface area (Å²) >= 11 is 0. The number of amides is 1. The average Bonchev–Trinajstić information content (AvgIpc) is 2.80. The SMILES string of the molecule is CCOC(=O)c1cccc(NC(=O)/C(=C/c2ccc(OC)cc2)c2ccccc2)c1C. The summed E-state index contributed by atoms with van der Waals surface area (Å²) < 4.78 is 10.3. The van der Waals surface area contributed by atoms with Crippen LogP contribution in [0.4, 0.5) is 5.69 Å². The predicted octanol–water partition coefficient (Wildman–Crippen LogP) is 5.36. The molecule has 1 amide bonds.